The maximum atomic E-state index is 12.8. The third-order valence-electron chi connectivity index (χ3n) is 4.33. The van der Waals surface area contributed by atoms with Gasteiger partial charge in [0.1, 0.15) is 0 Å². The van der Waals surface area contributed by atoms with Crippen molar-refractivity contribution in [3.05, 3.63) is 17.9 Å². The molecule has 2 heterocycles. The quantitative estimate of drug-likeness (QED) is 0.764. The summed E-state index contributed by atoms with van der Waals surface area (Å²) in [6, 6.07) is 2.54. The Morgan fingerprint density at radius 1 is 1.12 bits per heavy atom. The lowest BCUT2D eigenvalue weighted by Gasteiger charge is -2.47. The van der Waals surface area contributed by atoms with E-state index in [4.69, 9.17) is 4.42 Å². The number of carbonyl (C=O) groups is 2. The van der Waals surface area contributed by atoms with Crippen molar-refractivity contribution in [3.63, 3.8) is 0 Å². The molecule has 1 aliphatic heterocycles. The third-order valence-corrected chi connectivity index (χ3v) is 6.02. The summed E-state index contributed by atoms with van der Waals surface area (Å²) in [6.07, 6.45) is 0. The van der Waals surface area contributed by atoms with Gasteiger partial charge in [-0.15, -0.1) is 0 Å². The van der Waals surface area contributed by atoms with E-state index in [0.29, 0.717) is 19.6 Å². The predicted molar refractivity (Wildman–Crippen MR) is 95.4 cm³/mol. The zero-order valence-corrected chi connectivity index (χ0v) is 16.8. The van der Waals surface area contributed by atoms with Crippen LogP contribution in [0.15, 0.2) is 21.6 Å². The van der Waals surface area contributed by atoms with Crippen LogP contribution in [0.2, 0.25) is 0 Å². The van der Waals surface area contributed by atoms with Crippen LogP contribution in [0, 0.1) is 0 Å². The molecule has 0 aromatic carbocycles. The van der Waals surface area contributed by atoms with Crippen molar-refractivity contribution in [2.75, 3.05) is 47.8 Å². The fourth-order valence-electron chi connectivity index (χ4n) is 2.86. The van der Waals surface area contributed by atoms with Gasteiger partial charge in [-0.1, -0.05) is 0 Å². The molecule has 0 unspecified atom stereocenters. The van der Waals surface area contributed by atoms with Gasteiger partial charge in [-0.25, -0.2) is 17.5 Å². The Balaban J connectivity index is 2.21. The van der Waals surface area contributed by atoms with Gasteiger partial charge in [-0.2, -0.15) is 0 Å². The molecule has 10 heteroatoms. The number of furan rings is 1. The van der Waals surface area contributed by atoms with Crippen molar-refractivity contribution in [3.8, 4) is 0 Å². The molecular formula is C16H26N4O5S. The number of amides is 3. The second kappa shape index (κ2) is 6.92. The van der Waals surface area contributed by atoms with E-state index in [9.17, 15) is 18.0 Å². The van der Waals surface area contributed by atoms with E-state index in [1.54, 1.807) is 23.9 Å². The van der Waals surface area contributed by atoms with E-state index < -0.39 is 21.5 Å². The number of piperazine rings is 1. The number of carbonyl (C=O) groups excluding carboxylic acids is 2. The molecule has 9 nitrogen and oxygen atoms in total. The lowest BCUT2D eigenvalue weighted by atomic mass is 9.98. The van der Waals surface area contributed by atoms with E-state index in [1.165, 1.54) is 31.1 Å². The lowest BCUT2D eigenvalue weighted by Crippen LogP contribution is -2.63. The fourth-order valence-corrected chi connectivity index (χ4v) is 3.66. The molecule has 1 aromatic rings. The number of rotatable bonds is 3. The van der Waals surface area contributed by atoms with Crippen LogP contribution in [0.1, 0.15) is 24.4 Å². The number of hydrogen-bond donors (Lipinski definition) is 0. The van der Waals surface area contributed by atoms with Gasteiger partial charge in [0.2, 0.25) is 5.09 Å². The highest BCUT2D eigenvalue weighted by molar-refractivity contribution is 7.88. The average Bonchev–Trinajstić information content (AvgIpc) is 3.03. The summed E-state index contributed by atoms with van der Waals surface area (Å²) >= 11 is 0. The summed E-state index contributed by atoms with van der Waals surface area (Å²) in [6.45, 7) is 4.83. The van der Waals surface area contributed by atoms with Crippen molar-refractivity contribution in [1.82, 2.24) is 19.0 Å². The van der Waals surface area contributed by atoms with Crippen molar-refractivity contribution < 1.29 is 22.4 Å². The van der Waals surface area contributed by atoms with E-state index in [0.717, 1.165) is 4.31 Å². The van der Waals surface area contributed by atoms with Crippen LogP contribution in [-0.2, 0) is 10.0 Å². The summed E-state index contributed by atoms with van der Waals surface area (Å²) < 4.78 is 30.6. The summed E-state index contributed by atoms with van der Waals surface area (Å²) in [5.74, 6) is -0.432. The van der Waals surface area contributed by atoms with Crippen molar-refractivity contribution >= 4 is 22.0 Å². The highest BCUT2D eigenvalue weighted by Gasteiger charge is 2.40. The van der Waals surface area contributed by atoms with Gasteiger partial charge in [-0.3, -0.25) is 4.79 Å². The monoisotopic (exact) mass is 386 g/mol. The highest BCUT2D eigenvalue weighted by atomic mass is 32.2. The largest absolute Gasteiger partial charge is 0.438 e. The van der Waals surface area contributed by atoms with Crippen LogP contribution < -0.4 is 0 Å². The Bertz CT molecular complexity index is 797. The van der Waals surface area contributed by atoms with E-state index >= 15 is 0 Å². The smallest absolute Gasteiger partial charge is 0.319 e. The van der Waals surface area contributed by atoms with Crippen LogP contribution in [0.3, 0.4) is 0 Å². The van der Waals surface area contributed by atoms with Gasteiger partial charge >= 0.3 is 6.03 Å². The van der Waals surface area contributed by atoms with Crippen LogP contribution in [-0.4, -0.2) is 92.7 Å². The number of nitrogens with zero attached hydrogens (tertiary/aromatic N) is 4. The fraction of sp³-hybridized carbons (Fsp3) is 0.625. The summed E-state index contributed by atoms with van der Waals surface area (Å²) in [7, 11) is 2.41. The molecule has 1 aliphatic rings. The van der Waals surface area contributed by atoms with Crippen LogP contribution in [0.4, 0.5) is 4.79 Å². The molecule has 2 rings (SSSR count). The number of urea groups is 1. The zero-order chi connectivity index (χ0) is 19.9. The Hall–Kier alpha value is -2.07. The van der Waals surface area contributed by atoms with Gasteiger partial charge in [0.25, 0.3) is 15.9 Å². The van der Waals surface area contributed by atoms with Crippen molar-refractivity contribution in [2.24, 2.45) is 0 Å². The topological polar surface area (TPSA) is 94.4 Å². The van der Waals surface area contributed by atoms with Crippen LogP contribution in [0.5, 0.6) is 0 Å². The molecule has 0 bridgehead atoms. The minimum atomic E-state index is -3.74. The second-order valence-electron chi connectivity index (χ2n) is 7.27. The minimum Gasteiger partial charge on any atom is -0.438 e. The third kappa shape index (κ3) is 3.70. The summed E-state index contributed by atoms with van der Waals surface area (Å²) in [5.41, 5.74) is -0.617. The second-order valence-corrected chi connectivity index (χ2v) is 9.36. The van der Waals surface area contributed by atoms with E-state index in [-0.39, 0.29) is 16.9 Å². The van der Waals surface area contributed by atoms with E-state index in [1.807, 2.05) is 13.8 Å². The van der Waals surface area contributed by atoms with Crippen molar-refractivity contribution in [2.45, 2.75) is 24.5 Å². The molecule has 0 radical (unpaired) electrons. The lowest BCUT2D eigenvalue weighted by molar-refractivity contribution is 0.0212. The molecule has 1 fully saturated rings. The molecule has 1 saturated heterocycles. The predicted octanol–water partition coefficient (Wildman–Crippen LogP) is 0.748. The Morgan fingerprint density at radius 2 is 1.73 bits per heavy atom. The maximum Gasteiger partial charge on any atom is 0.319 e. The molecular weight excluding hydrogens is 360 g/mol. The van der Waals surface area contributed by atoms with Gasteiger partial charge in [0.15, 0.2) is 5.76 Å². The molecule has 3 amide bonds. The standard InChI is InChI=1S/C16H26N4O5S/c1-16(2)11-19(15(22)17(3)4)9-10-20(16)14(21)12-7-8-13(25-12)26(23,24)18(5)6/h7-8H,9-11H2,1-6H3. The molecule has 0 saturated carbocycles. The first kappa shape index (κ1) is 20.2. The normalized spacial score (nSPS) is 17.5. The molecule has 0 aliphatic carbocycles. The van der Waals surface area contributed by atoms with Gasteiger partial charge in [0.05, 0.1) is 5.54 Å². The first-order chi connectivity index (χ1) is 11.9. The van der Waals surface area contributed by atoms with Gasteiger partial charge < -0.3 is 19.1 Å². The Labute approximate surface area is 154 Å². The number of sulfonamides is 1. The summed E-state index contributed by atoms with van der Waals surface area (Å²) in [5, 5.41) is -0.273. The molecule has 0 atom stereocenters. The maximum absolute atomic E-state index is 12.8. The zero-order valence-electron chi connectivity index (χ0n) is 16.0. The van der Waals surface area contributed by atoms with Crippen LogP contribution >= 0.6 is 0 Å². The molecule has 146 valence electrons. The first-order valence-electron chi connectivity index (χ1n) is 8.18. The molecule has 0 N–H and O–H groups in total. The van der Waals surface area contributed by atoms with Crippen molar-refractivity contribution in [1.29, 1.82) is 0 Å². The Kier molecular flexibility index (Phi) is 5.39. The average molecular weight is 386 g/mol. The summed E-state index contributed by atoms with van der Waals surface area (Å²) in [4.78, 5) is 29.8. The first-order valence-corrected chi connectivity index (χ1v) is 9.62. The minimum absolute atomic E-state index is 0.0362. The Morgan fingerprint density at radius 3 is 2.23 bits per heavy atom. The van der Waals surface area contributed by atoms with Gasteiger partial charge in [-0.05, 0) is 26.0 Å². The van der Waals surface area contributed by atoms with E-state index in [2.05, 4.69) is 0 Å². The van der Waals surface area contributed by atoms with Crippen LogP contribution in [0.25, 0.3) is 0 Å². The SMILES string of the molecule is CN(C)C(=O)N1CCN(C(=O)c2ccc(S(=O)(=O)N(C)C)o2)C(C)(C)C1. The number of hydrogen-bond acceptors (Lipinski definition) is 5. The highest BCUT2D eigenvalue weighted by Crippen LogP contribution is 2.26. The van der Waals surface area contributed by atoms with Gasteiger partial charge in [0, 0.05) is 47.8 Å². The molecule has 0 spiro atoms. The molecule has 26 heavy (non-hydrogen) atoms. The molecule has 1 aromatic heterocycles.